The molecule has 0 aliphatic carbocycles. The summed E-state index contributed by atoms with van der Waals surface area (Å²) in [6.07, 6.45) is -2.72. The zero-order valence-electron chi connectivity index (χ0n) is 11.0. The van der Waals surface area contributed by atoms with Crippen molar-refractivity contribution in [3.63, 3.8) is 0 Å². The predicted molar refractivity (Wildman–Crippen MR) is 64.9 cm³/mol. The third kappa shape index (κ3) is 7.37. The highest BCUT2D eigenvalue weighted by Crippen LogP contribution is 2.22. The Bertz CT molecular complexity index is 297. The van der Waals surface area contributed by atoms with Crippen LogP contribution in [-0.2, 0) is 4.79 Å². The minimum absolute atomic E-state index is 0.0766. The standard InChI is InChI=1S/C12H21F3N2O2/c1-9(2-3-11(18)19)16-6-10-4-5-17(7-10)8-12(13,14)15/h9-10,16H,2-8H2,1H3,(H,18,19). The van der Waals surface area contributed by atoms with Gasteiger partial charge >= 0.3 is 12.1 Å². The number of carboxylic acids is 1. The van der Waals surface area contributed by atoms with Gasteiger partial charge in [0.15, 0.2) is 0 Å². The van der Waals surface area contributed by atoms with Crippen molar-refractivity contribution in [3.8, 4) is 0 Å². The first-order chi connectivity index (χ1) is 8.76. The number of halogens is 3. The summed E-state index contributed by atoms with van der Waals surface area (Å²) in [5, 5.41) is 11.7. The highest BCUT2D eigenvalue weighted by molar-refractivity contribution is 5.66. The fraction of sp³-hybridized carbons (Fsp3) is 0.917. The quantitative estimate of drug-likeness (QED) is 0.746. The topological polar surface area (TPSA) is 52.6 Å². The molecule has 0 aromatic rings. The third-order valence-corrected chi connectivity index (χ3v) is 3.32. The van der Waals surface area contributed by atoms with Gasteiger partial charge in [0.05, 0.1) is 6.54 Å². The molecule has 0 radical (unpaired) electrons. The average molecular weight is 282 g/mol. The molecule has 2 unspecified atom stereocenters. The second-order valence-electron chi connectivity index (χ2n) is 5.25. The van der Waals surface area contributed by atoms with Crippen molar-refractivity contribution in [1.82, 2.24) is 10.2 Å². The van der Waals surface area contributed by atoms with Gasteiger partial charge in [-0.15, -0.1) is 0 Å². The van der Waals surface area contributed by atoms with Crippen LogP contribution in [0.15, 0.2) is 0 Å². The maximum absolute atomic E-state index is 12.2. The molecule has 1 aliphatic rings. The highest BCUT2D eigenvalue weighted by Gasteiger charge is 2.34. The molecule has 0 amide bonds. The summed E-state index contributed by atoms with van der Waals surface area (Å²) in [4.78, 5) is 11.8. The zero-order chi connectivity index (χ0) is 14.5. The number of rotatable bonds is 7. The van der Waals surface area contributed by atoms with E-state index in [-0.39, 0.29) is 18.4 Å². The molecule has 0 saturated carbocycles. The van der Waals surface area contributed by atoms with Gasteiger partial charge in [0.1, 0.15) is 0 Å². The average Bonchev–Trinajstić information content (AvgIpc) is 2.68. The maximum Gasteiger partial charge on any atom is 0.401 e. The van der Waals surface area contributed by atoms with Gasteiger partial charge in [-0.05, 0) is 38.8 Å². The third-order valence-electron chi connectivity index (χ3n) is 3.32. The lowest BCUT2D eigenvalue weighted by Gasteiger charge is -2.19. The van der Waals surface area contributed by atoms with Crippen molar-refractivity contribution in [2.45, 2.75) is 38.4 Å². The first-order valence-corrected chi connectivity index (χ1v) is 6.50. The van der Waals surface area contributed by atoms with Crippen molar-refractivity contribution in [2.24, 2.45) is 5.92 Å². The molecule has 1 rings (SSSR count). The monoisotopic (exact) mass is 282 g/mol. The Morgan fingerprint density at radius 3 is 2.79 bits per heavy atom. The summed E-state index contributed by atoms with van der Waals surface area (Å²) < 4.78 is 36.6. The Morgan fingerprint density at radius 1 is 1.53 bits per heavy atom. The van der Waals surface area contributed by atoms with Crippen LogP contribution in [0.4, 0.5) is 13.2 Å². The molecule has 0 bridgehead atoms. The molecule has 1 heterocycles. The van der Waals surface area contributed by atoms with Crippen LogP contribution in [0.2, 0.25) is 0 Å². The Kier molecular flexibility index (Phi) is 6.06. The van der Waals surface area contributed by atoms with Crippen molar-refractivity contribution >= 4 is 5.97 Å². The van der Waals surface area contributed by atoms with Crippen molar-refractivity contribution in [1.29, 1.82) is 0 Å². The van der Waals surface area contributed by atoms with E-state index in [1.165, 1.54) is 4.90 Å². The first kappa shape index (κ1) is 16.2. The highest BCUT2D eigenvalue weighted by atomic mass is 19.4. The van der Waals surface area contributed by atoms with Gasteiger partial charge in [0.2, 0.25) is 0 Å². The van der Waals surface area contributed by atoms with Gasteiger partial charge in [0, 0.05) is 19.0 Å². The summed E-state index contributed by atoms with van der Waals surface area (Å²) in [6.45, 7) is 2.64. The maximum atomic E-state index is 12.2. The van der Waals surface area contributed by atoms with E-state index in [2.05, 4.69) is 5.32 Å². The molecule has 1 saturated heterocycles. The minimum Gasteiger partial charge on any atom is -0.481 e. The summed E-state index contributed by atoms with van der Waals surface area (Å²) in [6, 6.07) is 0.0766. The lowest BCUT2D eigenvalue weighted by atomic mass is 10.1. The van der Waals surface area contributed by atoms with Gasteiger partial charge in [-0.1, -0.05) is 0 Å². The number of aliphatic carboxylic acids is 1. The van der Waals surface area contributed by atoms with Crippen LogP contribution in [0, 0.1) is 5.92 Å². The van der Waals surface area contributed by atoms with Crippen LogP contribution in [0.1, 0.15) is 26.2 Å². The van der Waals surface area contributed by atoms with E-state index in [0.717, 1.165) is 6.42 Å². The van der Waals surface area contributed by atoms with Crippen LogP contribution < -0.4 is 5.32 Å². The number of nitrogens with one attached hydrogen (secondary N) is 1. The zero-order valence-corrected chi connectivity index (χ0v) is 11.0. The van der Waals surface area contributed by atoms with E-state index in [1.807, 2.05) is 6.92 Å². The van der Waals surface area contributed by atoms with Crippen molar-refractivity contribution < 1.29 is 23.1 Å². The second kappa shape index (κ2) is 7.09. The van der Waals surface area contributed by atoms with Gasteiger partial charge in [-0.25, -0.2) is 0 Å². The lowest BCUT2D eigenvalue weighted by Crippen LogP contribution is -2.35. The molecule has 2 atom stereocenters. The molecule has 0 aromatic carbocycles. The van der Waals surface area contributed by atoms with Gasteiger partial charge in [-0.2, -0.15) is 13.2 Å². The van der Waals surface area contributed by atoms with E-state index < -0.39 is 18.7 Å². The molecule has 2 N–H and O–H groups in total. The fourth-order valence-corrected chi connectivity index (χ4v) is 2.29. The number of hydrogen-bond acceptors (Lipinski definition) is 3. The molecule has 112 valence electrons. The van der Waals surface area contributed by atoms with Crippen LogP contribution in [0.5, 0.6) is 0 Å². The number of carbonyl (C=O) groups is 1. The number of carboxylic acid groups (broad SMARTS) is 1. The molecule has 1 aliphatic heterocycles. The van der Waals surface area contributed by atoms with Crippen LogP contribution >= 0.6 is 0 Å². The lowest BCUT2D eigenvalue weighted by molar-refractivity contribution is -0.143. The predicted octanol–water partition coefficient (Wildman–Crippen LogP) is 1.71. The van der Waals surface area contributed by atoms with E-state index in [9.17, 15) is 18.0 Å². The van der Waals surface area contributed by atoms with E-state index in [4.69, 9.17) is 5.11 Å². The van der Waals surface area contributed by atoms with Gasteiger partial charge < -0.3 is 10.4 Å². The Hall–Kier alpha value is -0.820. The first-order valence-electron chi connectivity index (χ1n) is 6.50. The molecule has 0 spiro atoms. The largest absolute Gasteiger partial charge is 0.481 e. The Balaban J connectivity index is 2.16. The summed E-state index contributed by atoms with van der Waals surface area (Å²) in [7, 11) is 0. The molecule has 1 fully saturated rings. The molecule has 0 aromatic heterocycles. The smallest absolute Gasteiger partial charge is 0.401 e. The number of likely N-dealkylation sites (tertiary alicyclic amines) is 1. The Morgan fingerprint density at radius 2 is 2.21 bits per heavy atom. The molecule has 19 heavy (non-hydrogen) atoms. The summed E-state index contributed by atoms with van der Waals surface area (Å²) >= 11 is 0. The molecular formula is C12H21F3N2O2. The molecule has 4 nitrogen and oxygen atoms in total. The number of alkyl halides is 3. The molecule has 7 heteroatoms. The van der Waals surface area contributed by atoms with Crippen molar-refractivity contribution in [3.05, 3.63) is 0 Å². The normalized spacial score (nSPS) is 22.6. The van der Waals surface area contributed by atoms with E-state index in [1.54, 1.807) is 0 Å². The summed E-state index contributed by atoms with van der Waals surface area (Å²) in [5.41, 5.74) is 0. The van der Waals surface area contributed by atoms with Crippen molar-refractivity contribution in [2.75, 3.05) is 26.2 Å². The Labute approximate surface area is 111 Å². The number of nitrogens with zero attached hydrogens (tertiary/aromatic N) is 1. The minimum atomic E-state index is -4.13. The fourth-order valence-electron chi connectivity index (χ4n) is 2.29. The molecular weight excluding hydrogens is 261 g/mol. The number of hydrogen-bond donors (Lipinski definition) is 2. The van der Waals surface area contributed by atoms with Crippen LogP contribution in [0.25, 0.3) is 0 Å². The summed E-state index contributed by atoms with van der Waals surface area (Å²) in [5.74, 6) is -0.611. The second-order valence-corrected chi connectivity index (χ2v) is 5.25. The van der Waals surface area contributed by atoms with E-state index in [0.29, 0.717) is 26.1 Å². The van der Waals surface area contributed by atoms with Crippen LogP contribution in [0.3, 0.4) is 0 Å². The van der Waals surface area contributed by atoms with Gasteiger partial charge in [-0.3, -0.25) is 9.69 Å². The van der Waals surface area contributed by atoms with Crippen LogP contribution in [-0.4, -0.2) is 54.4 Å². The van der Waals surface area contributed by atoms with Gasteiger partial charge in [0.25, 0.3) is 0 Å². The van der Waals surface area contributed by atoms with E-state index >= 15 is 0 Å². The SMILES string of the molecule is CC(CCC(=O)O)NCC1CCN(CC(F)(F)F)C1.